The maximum atomic E-state index is 4.28. The third-order valence-electron chi connectivity index (χ3n) is 2.70. The summed E-state index contributed by atoms with van der Waals surface area (Å²) in [6.45, 7) is 2.20. The Morgan fingerprint density at radius 2 is 2.29 bits per heavy atom. The van der Waals surface area contributed by atoms with Crippen molar-refractivity contribution in [3.05, 3.63) is 12.7 Å². The second-order valence-electron chi connectivity index (χ2n) is 3.96. The molecule has 0 aliphatic carbocycles. The first-order chi connectivity index (χ1) is 8.31. The molecule has 0 aliphatic rings. The van der Waals surface area contributed by atoms with Crippen LogP contribution in [-0.4, -0.2) is 38.8 Å². The van der Waals surface area contributed by atoms with Crippen molar-refractivity contribution in [3.63, 3.8) is 0 Å². The molecule has 5 nitrogen and oxygen atoms in total. The number of aromatic nitrogens is 4. The number of aromatic amines is 1. The molecule has 0 spiro atoms. The van der Waals surface area contributed by atoms with E-state index < -0.39 is 0 Å². The van der Waals surface area contributed by atoms with Gasteiger partial charge in [0.15, 0.2) is 5.65 Å². The van der Waals surface area contributed by atoms with Crippen molar-refractivity contribution >= 4 is 22.9 Å². The van der Waals surface area contributed by atoms with Crippen LogP contribution in [0.5, 0.6) is 0 Å². The number of imidazole rings is 1. The Hall–Kier alpha value is -1.14. The highest BCUT2D eigenvalue weighted by molar-refractivity contribution is 7.99. The predicted octanol–water partition coefficient (Wildman–Crippen LogP) is 1.83. The van der Waals surface area contributed by atoms with Gasteiger partial charge in [0.05, 0.1) is 6.33 Å². The Kier molecular flexibility index (Phi) is 4.33. The van der Waals surface area contributed by atoms with Crippen LogP contribution in [0.1, 0.15) is 19.8 Å². The van der Waals surface area contributed by atoms with Crippen molar-refractivity contribution in [2.75, 3.05) is 12.8 Å². The Bertz CT molecular complexity index is 470. The number of nitrogens with zero attached hydrogens (tertiary/aromatic N) is 3. The van der Waals surface area contributed by atoms with E-state index in [-0.39, 0.29) is 0 Å². The highest BCUT2D eigenvalue weighted by Gasteiger charge is 2.06. The molecule has 2 aromatic heterocycles. The van der Waals surface area contributed by atoms with Crippen molar-refractivity contribution in [1.29, 1.82) is 0 Å². The Balaban J connectivity index is 1.88. The van der Waals surface area contributed by atoms with Crippen LogP contribution in [0.15, 0.2) is 17.7 Å². The highest BCUT2D eigenvalue weighted by Crippen LogP contribution is 2.22. The largest absolute Gasteiger partial charge is 0.341 e. The summed E-state index contributed by atoms with van der Waals surface area (Å²) in [5.41, 5.74) is 1.69. The first-order valence-corrected chi connectivity index (χ1v) is 6.74. The van der Waals surface area contributed by atoms with Crippen molar-refractivity contribution in [1.82, 2.24) is 25.3 Å². The number of hydrogen-bond donors (Lipinski definition) is 2. The van der Waals surface area contributed by atoms with Crippen molar-refractivity contribution < 1.29 is 0 Å². The molecule has 0 amide bonds. The topological polar surface area (TPSA) is 66.5 Å². The lowest BCUT2D eigenvalue weighted by Gasteiger charge is -2.08. The standard InChI is InChI=1S/C11H17N5S/c1-8(12-2)4-3-5-17-11-9-10(14-6-13-9)15-7-16-11/h6-8,12H,3-5H2,1-2H3,(H,13,14,15,16). The second kappa shape index (κ2) is 5.97. The average molecular weight is 251 g/mol. The molecule has 6 heteroatoms. The van der Waals surface area contributed by atoms with Crippen LogP contribution in [0.25, 0.3) is 11.2 Å². The van der Waals surface area contributed by atoms with Crippen molar-refractivity contribution in [3.8, 4) is 0 Å². The average Bonchev–Trinajstić information content (AvgIpc) is 2.83. The molecule has 2 aromatic rings. The second-order valence-corrected chi connectivity index (χ2v) is 5.04. The van der Waals surface area contributed by atoms with Gasteiger partial charge in [-0.05, 0) is 32.6 Å². The third kappa shape index (κ3) is 3.17. The molecule has 92 valence electrons. The molecule has 0 bridgehead atoms. The summed E-state index contributed by atoms with van der Waals surface area (Å²) in [6.07, 6.45) is 5.58. The number of rotatable bonds is 6. The number of thioether (sulfide) groups is 1. The van der Waals surface area contributed by atoms with Crippen LogP contribution in [0.3, 0.4) is 0 Å². The van der Waals surface area contributed by atoms with E-state index in [2.05, 4.69) is 32.2 Å². The minimum atomic E-state index is 0.577. The molecular weight excluding hydrogens is 234 g/mol. The van der Waals surface area contributed by atoms with E-state index in [0.29, 0.717) is 6.04 Å². The van der Waals surface area contributed by atoms with E-state index in [1.165, 1.54) is 12.8 Å². The highest BCUT2D eigenvalue weighted by atomic mass is 32.2. The Morgan fingerprint density at radius 1 is 1.41 bits per heavy atom. The van der Waals surface area contributed by atoms with Gasteiger partial charge < -0.3 is 10.3 Å². The molecule has 1 unspecified atom stereocenters. The van der Waals surface area contributed by atoms with Gasteiger partial charge in [-0.2, -0.15) is 0 Å². The predicted molar refractivity (Wildman–Crippen MR) is 70.2 cm³/mol. The van der Waals surface area contributed by atoms with E-state index >= 15 is 0 Å². The van der Waals surface area contributed by atoms with Gasteiger partial charge in [-0.15, -0.1) is 11.8 Å². The number of hydrogen-bond acceptors (Lipinski definition) is 5. The van der Waals surface area contributed by atoms with Gasteiger partial charge in [-0.25, -0.2) is 15.0 Å². The number of H-pyrrole nitrogens is 1. The maximum absolute atomic E-state index is 4.28. The molecule has 2 N–H and O–H groups in total. The minimum Gasteiger partial charge on any atom is -0.341 e. The third-order valence-corrected chi connectivity index (χ3v) is 3.78. The summed E-state index contributed by atoms with van der Waals surface area (Å²) in [5, 5.41) is 4.23. The molecule has 0 saturated carbocycles. The van der Waals surface area contributed by atoms with Gasteiger partial charge in [0.25, 0.3) is 0 Å². The quantitative estimate of drug-likeness (QED) is 0.466. The van der Waals surface area contributed by atoms with E-state index in [4.69, 9.17) is 0 Å². The van der Waals surface area contributed by atoms with Crippen LogP contribution in [0.4, 0.5) is 0 Å². The summed E-state index contributed by atoms with van der Waals surface area (Å²) < 4.78 is 0. The maximum Gasteiger partial charge on any atom is 0.181 e. The molecule has 0 radical (unpaired) electrons. The lowest BCUT2D eigenvalue weighted by molar-refractivity contribution is 0.559. The molecule has 17 heavy (non-hydrogen) atoms. The van der Waals surface area contributed by atoms with Crippen molar-refractivity contribution in [2.24, 2.45) is 0 Å². The molecule has 0 aromatic carbocycles. The fourth-order valence-electron chi connectivity index (χ4n) is 1.56. The molecule has 0 fully saturated rings. The van der Waals surface area contributed by atoms with Gasteiger partial charge in [-0.3, -0.25) is 0 Å². The zero-order valence-electron chi connectivity index (χ0n) is 10.1. The monoisotopic (exact) mass is 251 g/mol. The fourth-order valence-corrected chi connectivity index (χ4v) is 2.48. The number of nitrogens with one attached hydrogen (secondary N) is 2. The van der Waals surface area contributed by atoms with E-state index in [1.54, 1.807) is 24.4 Å². The van der Waals surface area contributed by atoms with Crippen LogP contribution in [0, 0.1) is 0 Å². The number of fused-ring (bicyclic) bond motifs is 1. The van der Waals surface area contributed by atoms with Gasteiger partial charge in [-0.1, -0.05) is 0 Å². The summed E-state index contributed by atoms with van der Waals surface area (Å²) in [4.78, 5) is 15.6. The first kappa shape index (κ1) is 12.3. The zero-order chi connectivity index (χ0) is 12.1. The summed E-state index contributed by atoms with van der Waals surface area (Å²) in [6, 6.07) is 0.577. The first-order valence-electron chi connectivity index (χ1n) is 5.75. The molecule has 2 heterocycles. The lowest BCUT2D eigenvalue weighted by Crippen LogP contribution is -2.20. The van der Waals surface area contributed by atoms with Gasteiger partial charge in [0, 0.05) is 6.04 Å². The van der Waals surface area contributed by atoms with E-state index in [9.17, 15) is 0 Å². The van der Waals surface area contributed by atoms with Crippen LogP contribution in [0.2, 0.25) is 0 Å². The zero-order valence-corrected chi connectivity index (χ0v) is 10.9. The SMILES string of the molecule is CNC(C)CCCSc1ncnc2nc[nH]c12. The van der Waals surface area contributed by atoms with Gasteiger partial charge in [0.1, 0.15) is 16.9 Å². The van der Waals surface area contributed by atoms with Crippen molar-refractivity contribution in [2.45, 2.75) is 30.8 Å². The minimum absolute atomic E-state index is 0.577. The fraction of sp³-hybridized carbons (Fsp3) is 0.545. The molecule has 0 saturated heterocycles. The Morgan fingerprint density at radius 3 is 3.12 bits per heavy atom. The lowest BCUT2D eigenvalue weighted by atomic mass is 10.2. The normalized spacial score (nSPS) is 13.1. The van der Waals surface area contributed by atoms with Crippen LogP contribution >= 0.6 is 11.8 Å². The summed E-state index contributed by atoms with van der Waals surface area (Å²) in [5.74, 6) is 1.07. The van der Waals surface area contributed by atoms with Gasteiger partial charge in [0.2, 0.25) is 0 Å². The summed E-state index contributed by atoms with van der Waals surface area (Å²) >= 11 is 1.76. The Labute approximate surface area is 105 Å². The molecular formula is C11H17N5S. The van der Waals surface area contributed by atoms with Crippen LogP contribution in [-0.2, 0) is 0 Å². The van der Waals surface area contributed by atoms with Gasteiger partial charge >= 0.3 is 0 Å². The van der Waals surface area contributed by atoms with E-state index in [1.807, 2.05) is 7.05 Å². The summed E-state index contributed by atoms with van der Waals surface area (Å²) in [7, 11) is 2.00. The van der Waals surface area contributed by atoms with Crippen LogP contribution < -0.4 is 5.32 Å². The smallest absolute Gasteiger partial charge is 0.181 e. The molecule has 0 aliphatic heterocycles. The molecule has 2 rings (SSSR count). The van der Waals surface area contributed by atoms with E-state index in [0.717, 1.165) is 21.9 Å². The molecule has 1 atom stereocenters.